The molecule has 0 aromatic carbocycles. The van der Waals surface area contributed by atoms with Gasteiger partial charge in [0.05, 0.1) is 24.7 Å². The fraction of sp³-hybridized carbons (Fsp3) is 0.867. The molecule has 1 saturated heterocycles. The number of aliphatic hydroxyl groups excluding tert-OH is 3. The van der Waals surface area contributed by atoms with Crippen LogP contribution in [0.3, 0.4) is 0 Å². The Kier molecular flexibility index (Phi) is 9.33. The number of hydrogen-bond acceptors (Lipinski definition) is 11. The molecule has 0 amide bonds. The first-order valence-corrected chi connectivity index (χ1v) is 16.9. The Morgan fingerprint density at radius 3 is 2.45 bits per heavy atom. The predicted molar refractivity (Wildman–Crippen MR) is 152 cm³/mol. The molecule has 4 saturated carbocycles. The largest absolute Gasteiger partial charge is 0.481 e. The third-order valence-corrected chi connectivity index (χ3v) is 11.8. The SMILES string of the molecule is C=C1C2CCC3C4(C)CC(OC5OC(CO)C(O)C(OS(=O)(=O)O)C5OC(=O)CC(C)C)CC(C(=O)O)C4CCC3(C2)C1O. The lowest BCUT2D eigenvalue weighted by atomic mass is 9.43. The lowest BCUT2D eigenvalue weighted by Gasteiger charge is -2.62. The molecule has 2 bridgehead atoms. The maximum Gasteiger partial charge on any atom is 0.397 e. The quantitative estimate of drug-likeness (QED) is 0.105. The molecule has 5 fully saturated rings. The summed E-state index contributed by atoms with van der Waals surface area (Å²) in [4.78, 5) is 25.4. The minimum atomic E-state index is -5.16. The molecular weight excluding hydrogens is 600 g/mol. The summed E-state index contributed by atoms with van der Waals surface area (Å²) < 4.78 is 55.4. The Bertz CT molecular complexity index is 1240. The third kappa shape index (κ3) is 5.96. The van der Waals surface area contributed by atoms with Gasteiger partial charge in [0.2, 0.25) is 0 Å². The van der Waals surface area contributed by atoms with E-state index in [4.69, 9.17) is 18.4 Å². The van der Waals surface area contributed by atoms with Crippen molar-refractivity contribution in [3.8, 4) is 0 Å². The predicted octanol–water partition coefficient (Wildman–Crippen LogP) is 1.84. The van der Waals surface area contributed by atoms with E-state index < -0.39 is 88.6 Å². The Labute approximate surface area is 257 Å². The number of aliphatic carboxylic acids is 1. The van der Waals surface area contributed by atoms with Gasteiger partial charge in [-0.15, -0.1) is 0 Å². The lowest BCUT2D eigenvalue weighted by molar-refractivity contribution is -0.319. The van der Waals surface area contributed by atoms with Crippen LogP contribution in [0.15, 0.2) is 12.2 Å². The molecule has 1 heterocycles. The van der Waals surface area contributed by atoms with E-state index >= 15 is 0 Å². The van der Waals surface area contributed by atoms with Crippen molar-refractivity contribution in [3.63, 3.8) is 0 Å². The molecular formula is C30H46O13S. The van der Waals surface area contributed by atoms with Gasteiger partial charge < -0.3 is 34.6 Å². The number of ether oxygens (including phenoxy) is 3. The summed E-state index contributed by atoms with van der Waals surface area (Å²) in [5, 5.41) is 42.5. The van der Waals surface area contributed by atoms with Crippen molar-refractivity contribution < 1.29 is 61.4 Å². The summed E-state index contributed by atoms with van der Waals surface area (Å²) in [7, 11) is -5.16. The number of hydrogen-bond donors (Lipinski definition) is 5. The standard InChI is InChI=1S/C30H46O13S/c1-14(2)9-22(32)42-25-24(43-44(37,38)39)23(33)20(13-31)41-28(25)40-17-10-18(27(35)36)19-7-8-30-11-16(15(3)26(30)34)5-6-21(30)29(19,4)12-17/h14,16-21,23-26,28,31,33-34H,3,5-13H2,1-2,4H3,(H,35,36)(H,37,38,39). The smallest absolute Gasteiger partial charge is 0.397 e. The van der Waals surface area contributed by atoms with Crippen molar-refractivity contribution in [3.05, 3.63) is 12.2 Å². The van der Waals surface area contributed by atoms with Gasteiger partial charge in [-0.2, -0.15) is 8.42 Å². The van der Waals surface area contributed by atoms with E-state index in [1.54, 1.807) is 13.8 Å². The van der Waals surface area contributed by atoms with E-state index in [1.807, 2.05) is 0 Å². The van der Waals surface area contributed by atoms with E-state index in [-0.39, 0.29) is 36.5 Å². The number of aliphatic hydroxyl groups is 3. The molecule has 250 valence electrons. The zero-order valence-corrected chi connectivity index (χ0v) is 26.2. The van der Waals surface area contributed by atoms with Crippen LogP contribution in [0.1, 0.15) is 72.1 Å². The highest BCUT2D eigenvalue weighted by molar-refractivity contribution is 7.80. The van der Waals surface area contributed by atoms with E-state index in [1.165, 1.54) is 0 Å². The summed E-state index contributed by atoms with van der Waals surface area (Å²) in [5.74, 6) is -2.59. The first-order valence-electron chi connectivity index (χ1n) is 15.5. The van der Waals surface area contributed by atoms with Crippen LogP contribution < -0.4 is 0 Å². The minimum absolute atomic E-state index is 0.00191. The van der Waals surface area contributed by atoms with Crippen molar-refractivity contribution in [2.75, 3.05) is 6.61 Å². The average molecular weight is 647 g/mol. The molecule has 0 radical (unpaired) electrons. The molecule has 4 aliphatic carbocycles. The number of fused-ring (bicyclic) bond motifs is 3. The number of carboxylic acids is 1. The molecule has 44 heavy (non-hydrogen) atoms. The number of esters is 1. The second-order valence-electron chi connectivity index (χ2n) is 14.3. The molecule has 0 aromatic heterocycles. The monoisotopic (exact) mass is 646 g/mol. The topological polar surface area (TPSA) is 206 Å². The molecule has 1 aliphatic heterocycles. The maximum atomic E-state index is 12.8. The van der Waals surface area contributed by atoms with Crippen LogP contribution in [-0.4, -0.2) is 94.9 Å². The van der Waals surface area contributed by atoms with Crippen LogP contribution in [0.2, 0.25) is 0 Å². The van der Waals surface area contributed by atoms with E-state index in [0.29, 0.717) is 19.3 Å². The zero-order valence-electron chi connectivity index (χ0n) is 25.4. The highest BCUT2D eigenvalue weighted by Crippen LogP contribution is 2.70. The van der Waals surface area contributed by atoms with Gasteiger partial charge in [-0.05, 0) is 79.6 Å². The van der Waals surface area contributed by atoms with Gasteiger partial charge in [-0.1, -0.05) is 27.4 Å². The second kappa shape index (κ2) is 12.2. The van der Waals surface area contributed by atoms with Gasteiger partial charge in [-0.25, -0.2) is 4.18 Å². The fourth-order valence-corrected chi connectivity index (χ4v) is 10.1. The lowest BCUT2D eigenvalue weighted by Crippen LogP contribution is -2.63. The number of carboxylic acid groups (broad SMARTS) is 1. The number of rotatable bonds is 9. The number of carbonyl (C=O) groups excluding carboxylic acids is 1. The fourth-order valence-electron chi connectivity index (χ4n) is 9.58. The second-order valence-corrected chi connectivity index (χ2v) is 15.3. The zero-order chi connectivity index (χ0) is 32.4. The molecule has 1 spiro atoms. The van der Waals surface area contributed by atoms with Crippen molar-refractivity contribution in [2.45, 2.75) is 115 Å². The Hall–Kier alpha value is -1.65. The van der Waals surface area contributed by atoms with E-state index in [0.717, 1.165) is 24.8 Å². The molecule has 14 heteroatoms. The van der Waals surface area contributed by atoms with Gasteiger partial charge in [0, 0.05) is 11.8 Å². The summed E-state index contributed by atoms with van der Waals surface area (Å²) >= 11 is 0. The molecule has 13 nitrogen and oxygen atoms in total. The van der Waals surface area contributed by atoms with Gasteiger partial charge in [0.15, 0.2) is 12.4 Å². The number of carbonyl (C=O) groups is 2. The Balaban J connectivity index is 1.47. The summed E-state index contributed by atoms with van der Waals surface area (Å²) in [6.45, 7) is 9.00. The summed E-state index contributed by atoms with van der Waals surface area (Å²) in [6.07, 6.45) is -5.58. The van der Waals surface area contributed by atoms with Crippen LogP contribution in [0, 0.1) is 40.4 Å². The molecule has 5 N–H and O–H groups in total. The highest BCUT2D eigenvalue weighted by atomic mass is 32.3. The molecule has 13 atom stereocenters. The first kappa shape index (κ1) is 33.7. The van der Waals surface area contributed by atoms with Crippen molar-refractivity contribution in [1.82, 2.24) is 0 Å². The minimum Gasteiger partial charge on any atom is -0.481 e. The van der Waals surface area contributed by atoms with E-state index in [2.05, 4.69) is 13.5 Å². The normalized spacial score (nSPS) is 45.5. The molecule has 5 rings (SSSR count). The summed E-state index contributed by atoms with van der Waals surface area (Å²) in [6, 6.07) is 0. The van der Waals surface area contributed by atoms with Crippen LogP contribution in [0.25, 0.3) is 0 Å². The molecule has 13 unspecified atom stereocenters. The summed E-state index contributed by atoms with van der Waals surface area (Å²) in [5.41, 5.74) is -0.0972. The van der Waals surface area contributed by atoms with E-state index in [9.17, 15) is 43.0 Å². The molecule has 5 aliphatic rings. The Morgan fingerprint density at radius 1 is 1.14 bits per heavy atom. The maximum absolute atomic E-state index is 12.8. The van der Waals surface area contributed by atoms with Crippen LogP contribution in [0.4, 0.5) is 0 Å². The highest BCUT2D eigenvalue weighted by Gasteiger charge is 2.67. The first-order chi connectivity index (χ1) is 20.5. The average Bonchev–Trinajstić information content (AvgIpc) is 3.09. The van der Waals surface area contributed by atoms with Crippen molar-refractivity contribution in [1.29, 1.82) is 0 Å². The van der Waals surface area contributed by atoms with Crippen LogP contribution in [0.5, 0.6) is 0 Å². The third-order valence-electron chi connectivity index (χ3n) is 11.3. The molecule has 0 aromatic rings. The Morgan fingerprint density at radius 2 is 1.84 bits per heavy atom. The van der Waals surface area contributed by atoms with Crippen LogP contribution >= 0.6 is 0 Å². The van der Waals surface area contributed by atoms with Crippen molar-refractivity contribution >= 4 is 22.3 Å². The van der Waals surface area contributed by atoms with Gasteiger partial charge >= 0.3 is 22.3 Å². The van der Waals surface area contributed by atoms with Gasteiger partial charge in [0.1, 0.15) is 18.3 Å². The van der Waals surface area contributed by atoms with Gasteiger partial charge in [-0.3, -0.25) is 14.1 Å². The van der Waals surface area contributed by atoms with Gasteiger partial charge in [0.25, 0.3) is 0 Å². The van der Waals surface area contributed by atoms with Crippen molar-refractivity contribution in [2.24, 2.45) is 40.4 Å². The van der Waals surface area contributed by atoms with Crippen LogP contribution in [-0.2, 0) is 38.4 Å².